The highest BCUT2D eigenvalue weighted by Crippen LogP contribution is 2.25. The van der Waals surface area contributed by atoms with Crippen molar-refractivity contribution < 1.29 is 18.0 Å². The fourth-order valence-electron chi connectivity index (χ4n) is 2.92. The van der Waals surface area contributed by atoms with Crippen molar-refractivity contribution in [1.29, 1.82) is 0 Å². The van der Waals surface area contributed by atoms with Gasteiger partial charge >= 0.3 is 6.18 Å². The maximum Gasteiger partial charge on any atom is 0.412 e. The lowest BCUT2D eigenvalue weighted by atomic mass is 10.2. The molecule has 34 heavy (non-hydrogen) atoms. The lowest BCUT2D eigenvalue weighted by molar-refractivity contribution is -0.127. The molecule has 0 saturated carbocycles. The number of halogens is 3. The van der Waals surface area contributed by atoms with Gasteiger partial charge in [0.2, 0.25) is 5.91 Å². The number of amides is 1. The Morgan fingerprint density at radius 3 is 2.15 bits per heavy atom. The van der Waals surface area contributed by atoms with E-state index in [2.05, 4.69) is 18.5 Å². The van der Waals surface area contributed by atoms with Gasteiger partial charge in [-0.2, -0.15) is 13.2 Å². The minimum Gasteiger partial charge on any atom is -0.353 e. The van der Waals surface area contributed by atoms with Crippen molar-refractivity contribution in [3.63, 3.8) is 0 Å². The van der Waals surface area contributed by atoms with Crippen LogP contribution < -0.4 is 5.32 Å². The molecule has 0 aromatic carbocycles. The first-order valence-corrected chi connectivity index (χ1v) is 11.4. The maximum absolute atomic E-state index is 13.0. The molecule has 5 nitrogen and oxygen atoms in total. The van der Waals surface area contributed by atoms with Crippen LogP contribution in [0.4, 0.5) is 13.2 Å². The van der Waals surface area contributed by atoms with Gasteiger partial charge in [-0.15, -0.1) is 0 Å². The molecule has 1 aliphatic rings. The molecule has 1 rings (SSSR count). The Bertz CT molecular complexity index is 895. The number of nitrogens with zero attached hydrogens (tertiary/aromatic N) is 3. The molecule has 1 heterocycles. The molecule has 0 spiro atoms. The second-order valence-electron chi connectivity index (χ2n) is 8.30. The Kier molecular flexibility index (Phi) is 11.6. The Morgan fingerprint density at radius 2 is 1.65 bits per heavy atom. The van der Waals surface area contributed by atoms with E-state index in [1.54, 1.807) is 11.0 Å². The van der Waals surface area contributed by atoms with Gasteiger partial charge < -0.3 is 15.1 Å². The summed E-state index contributed by atoms with van der Waals surface area (Å²) in [5.41, 5.74) is 2.11. The van der Waals surface area contributed by atoms with Gasteiger partial charge in [0, 0.05) is 43.1 Å². The minimum atomic E-state index is -4.39. The van der Waals surface area contributed by atoms with Crippen LogP contribution in [0.5, 0.6) is 0 Å². The van der Waals surface area contributed by atoms with Crippen LogP contribution in [0, 0.1) is 0 Å². The number of nitrogens with one attached hydrogen (secondary N) is 1. The summed E-state index contributed by atoms with van der Waals surface area (Å²) in [6.07, 6.45) is 4.72. The standard InChI is InChI=1S/C26H37F3N4O/c1-8-10-11-12-23(14-13-20(5)26(27,28)29)30-22(7)25(31-21(6)19(3)4)33-17-15-32(16-18-33)24(34)9-2/h9,11-14,30H,2,7-8,10,15-18H2,1,3-6H3/b12-11+,20-13+,23-14+,31-25?. The molecule has 0 unspecified atom stereocenters. The van der Waals surface area contributed by atoms with Crippen LogP contribution in [0.25, 0.3) is 0 Å². The summed E-state index contributed by atoms with van der Waals surface area (Å²) in [5, 5.41) is 3.15. The summed E-state index contributed by atoms with van der Waals surface area (Å²) in [7, 11) is 0. The van der Waals surface area contributed by atoms with Crippen molar-refractivity contribution in [2.24, 2.45) is 4.99 Å². The summed E-state index contributed by atoms with van der Waals surface area (Å²) >= 11 is 0. The molecule has 1 amide bonds. The lowest BCUT2D eigenvalue weighted by Gasteiger charge is -2.36. The summed E-state index contributed by atoms with van der Waals surface area (Å²) in [4.78, 5) is 20.4. The van der Waals surface area contributed by atoms with Gasteiger partial charge in [0.1, 0.15) is 0 Å². The number of carbonyl (C=O) groups is 1. The fraction of sp³-hybridized carbons (Fsp3) is 0.462. The summed E-state index contributed by atoms with van der Waals surface area (Å²) in [6.45, 7) is 18.7. The van der Waals surface area contributed by atoms with E-state index < -0.39 is 11.7 Å². The van der Waals surface area contributed by atoms with Gasteiger partial charge in [0.25, 0.3) is 0 Å². The van der Waals surface area contributed by atoms with Crippen LogP contribution in [0.15, 0.2) is 76.8 Å². The molecule has 0 bridgehead atoms. The molecule has 1 aliphatic heterocycles. The molecule has 1 N–H and O–H groups in total. The van der Waals surface area contributed by atoms with E-state index in [4.69, 9.17) is 4.99 Å². The predicted octanol–water partition coefficient (Wildman–Crippen LogP) is 5.88. The van der Waals surface area contributed by atoms with Crippen LogP contribution in [-0.4, -0.2) is 53.9 Å². The summed E-state index contributed by atoms with van der Waals surface area (Å²) < 4.78 is 38.9. The highest BCUT2D eigenvalue weighted by molar-refractivity contribution is 5.98. The third kappa shape index (κ3) is 9.45. The second kappa shape index (κ2) is 13.6. The number of hydrogen-bond acceptors (Lipinski definition) is 3. The molecule has 0 atom stereocenters. The lowest BCUT2D eigenvalue weighted by Crippen LogP contribution is -2.51. The Labute approximate surface area is 201 Å². The summed E-state index contributed by atoms with van der Waals surface area (Å²) in [5.74, 6) is 0.476. The van der Waals surface area contributed by atoms with Crippen molar-refractivity contribution in [1.82, 2.24) is 15.1 Å². The van der Waals surface area contributed by atoms with Crippen LogP contribution in [0.1, 0.15) is 47.5 Å². The van der Waals surface area contributed by atoms with E-state index in [0.717, 1.165) is 37.1 Å². The summed E-state index contributed by atoms with van der Waals surface area (Å²) in [6, 6.07) is 0. The van der Waals surface area contributed by atoms with E-state index in [0.29, 0.717) is 43.4 Å². The van der Waals surface area contributed by atoms with Gasteiger partial charge in [-0.1, -0.05) is 44.2 Å². The third-order valence-corrected chi connectivity index (χ3v) is 5.34. The molecule has 0 aromatic heterocycles. The van der Waals surface area contributed by atoms with E-state index in [-0.39, 0.29) is 5.91 Å². The van der Waals surface area contributed by atoms with Crippen LogP contribution in [-0.2, 0) is 4.79 Å². The van der Waals surface area contributed by atoms with Crippen molar-refractivity contribution in [3.05, 3.63) is 71.8 Å². The van der Waals surface area contributed by atoms with Gasteiger partial charge in [-0.25, -0.2) is 4.99 Å². The molecule has 8 heteroatoms. The minimum absolute atomic E-state index is 0.117. The van der Waals surface area contributed by atoms with Crippen molar-refractivity contribution in [2.75, 3.05) is 26.2 Å². The zero-order chi connectivity index (χ0) is 25.9. The number of rotatable bonds is 9. The molecular weight excluding hydrogens is 441 g/mol. The fourth-order valence-corrected chi connectivity index (χ4v) is 2.92. The topological polar surface area (TPSA) is 47.9 Å². The molecule has 0 radical (unpaired) electrons. The van der Waals surface area contributed by atoms with Crippen LogP contribution in [0.3, 0.4) is 0 Å². The Hall–Kier alpha value is -3.03. The van der Waals surface area contributed by atoms with Crippen molar-refractivity contribution in [3.8, 4) is 0 Å². The number of carbonyl (C=O) groups excluding carboxylic acids is 1. The van der Waals surface area contributed by atoms with E-state index in [9.17, 15) is 18.0 Å². The molecule has 1 fully saturated rings. The average Bonchev–Trinajstić information content (AvgIpc) is 2.79. The first-order valence-electron chi connectivity index (χ1n) is 11.4. The number of aliphatic imine (C=N–C) groups is 1. The van der Waals surface area contributed by atoms with E-state index in [1.807, 2.05) is 38.7 Å². The van der Waals surface area contributed by atoms with Crippen LogP contribution in [0.2, 0.25) is 0 Å². The monoisotopic (exact) mass is 478 g/mol. The highest BCUT2D eigenvalue weighted by atomic mass is 19.4. The predicted molar refractivity (Wildman–Crippen MR) is 134 cm³/mol. The smallest absolute Gasteiger partial charge is 0.353 e. The first-order chi connectivity index (χ1) is 15.9. The molecule has 0 aliphatic carbocycles. The molecule has 188 valence electrons. The first kappa shape index (κ1) is 29.0. The Balaban J connectivity index is 3.25. The quantitative estimate of drug-likeness (QED) is 0.195. The van der Waals surface area contributed by atoms with Gasteiger partial charge in [-0.3, -0.25) is 4.79 Å². The maximum atomic E-state index is 13.0. The number of alkyl halides is 3. The number of hydrogen-bond donors (Lipinski definition) is 1. The number of allylic oxidation sites excluding steroid dienone is 7. The number of piperazine rings is 1. The normalized spacial score (nSPS) is 16.1. The van der Waals surface area contributed by atoms with Crippen molar-refractivity contribution >= 4 is 11.7 Å². The largest absolute Gasteiger partial charge is 0.412 e. The van der Waals surface area contributed by atoms with E-state index in [1.165, 1.54) is 12.2 Å². The number of unbranched alkanes of at least 4 members (excludes halogenated alkanes) is 1. The SMILES string of the molecule is C=CC(=O)N1CCN(C(=NC(C)=C(C)C)C(=C)NC(/C=C/CCC)=C/C=C(\C)C(F)(F)F)CC1. The van der Waals surface area contributed by atoms with Gasteiger partial charge in [-0.05, 0) is 52.3 Å². The van der Waals surface area contributed by atoms with Gasteiger partial charge in [0.05, 0.1) is 5.70 Å². The van der Waals surface area contributed by atoms with E-state index >= 15 is 0 Å². The van der Waals surface area contributed by atoms with Crippen molar-refractivity contribution in [2.45, 2.75) is 53.6 Å². The Morgan fingerprint density at radius 1 is 1.06 bits per heavy atom. The average molecular weight is 479 g/mol. The zero-order valence-electron chi connectivity index (χ0n) is 20.9. The van der Waals surface area contributed by atoms with Crippen LogP contribution >= 0.6 is 0 Å². The molecular formula is C26H37F3N4O. The molecule has 0 aromatic rings. The molecule has 1 saturated heterocycles. The number of amidine groups is 1. The third-order valence-electron chi connectivity index (χ3n) is 5.34. The highest BCUT2D eigenvalue weighted by Gasteiger charge is 2.29. The zero-order valence-corrected chi connectivity index (χ0v) is 20.9. The van der Waals surface area contributed by atoms with Gasteiger partial charge in [0.15, 0.2) is 5.84 Å². The second-order valence-corrected chi connectivity index (χ2v) is 8.30.